The zero-order valence-electron chi connectivity index (χ0n) is 16.3. The van der Waals surface area contributed by atoms with E-state index in [9.17, 15) is 5.11 Å². The standard InChI is InChI=1S/C22H38O2/c1-14(23)18-7-8-19-17-6-5-15-13-16(24-4)9-11-21(15,2)20(17)10-12-22(18,19)3/h14-20,23H,5-13H2,1-4H3. The number of rotatable bonds is 2. The van der Waals surface area contributed by atoms with Crippen LogP contribution in [0.4, 0.5) is 0 Å². The van der Waals surface area contributed by atoms with E-state index in [1.54, 1.807) is 0 Å². The van der Waals surface area contributed by atoms with E-state index in [0.29, 0.717) is 22.9 Å². The van der Waals surface area contributed by atoms with Gasteiger partial charge in [-0.1, -0.05) is 13.8 Å². The molecule has 4 aliphatic carbocycles. The molecule has 0 aromatic carbocycles. The van der Waals surface area contributed by atoms with Crippen LogP contribution in [0.2, 0.25) is 0 Å². The molecule has 0 spiro atoms. The molecule has 0 saturated heterocycles. The van der Waals surface area contributed by atoms with Crippen molar-refractivity contribution in [3.63, 3.8) is 0 Å². The van der Waals surface area contributed by atoms with Crippen LogP contribution >= 0.6 is 0 Å². The predicted octanol–water partition coefficient (Wildman–Crippen LogP) is 5.04. The number of methoxy groups -OCH3 is 1. The molecule has 0 aromatic heterocycles. The molecule has 0 aliphatic heterocycles. The summed E-state index contributed by atoms with van der Waals surface area (Å²) in [6.07, 6.45) is 12.6. The molecule has 4 aliphatic rings. The van der Waals surface area contributed by atoms with Gasteiger partial charge in [0.25, 0.3) is 0 Å². The van der Waals surface area contributed by atoms with Gasteiger partial charge >= 0.3 is 0 Å². The van der Waals surface area contributed by atoms with E-state index >= 15 is 0 Å². The maximum Gasteiger partial charge on any atom is 0.0574 e. The molecule has 4 saturated carbocycles. The van der Waals surface area contributed by atoms with Gasteiger partial charge in [-0.05, 0) is 105 Å². The molecule has 138 valence electrons. The van der Waals surface area contributed by atoms with Crippen molar-refractivity contribution in [1.29, 1.82) is 0 Å². The van der Waals surface area contributed by atoms with Crippen LogP contribution in [0.5, 0.6) is 0 Å². The minimum atomic E-state index is -0.124. The lowest BCUT2D eigenvalue weighted by Gasteiger charge is -2.61. The highest BCUT2D eigenvalue weighted by Crippen LogP contribution is 2.67. The molecule has 4 rings (SSSR count). The lowest BCUT2D eigenvalue weighted by molar-refractivity contribution is -0.135. The van der Waals surface area contributed by atoms with E-state index in [-0.39, 0.29) is 6.10 Å². The fourth-order valence-corrected chi connectivity index (χ4v) is 8.27. The summed E-state index contributed by atoms with van der Waals surface area (Å²) >= 11 is 0. The molecule has 9 atom stereocenters. The lowest BCUT2D eigenvalue weighted by atomic mass is 9.44. The molecule has 0 radical (unpaired) electrons. The van der Waals surface area contributed by atoms with Gasteiger partial charge in [0.15, 0.2) is 0 Å². The second kappa shape index (κ2) is 5.98. The highest BCUT2D eigenvalue weighted by atomic mass is 16.5. The third-order valence-electron chi connectivity index (χ3n) is 9.61. The quantitative estimate of drug-likeness (QED) is 0.766. The van der Waals surface area contributed by atoms with Crippen molar-refractivity contribution in [3.05, 3.63) is 0 Å². The fourth-order valence-electron chi connectivity index (χ4n) is 8.27. The van der Waals surface area contributed by atoms with Crippen molar-refractivity contribution >= 4 is 0 Å². The Balaban J connectivity index is 1.58. The summed E-state index contributed by atoms with van der Waals surface area (Å²) in [5, 5.41) is 10.3. The molecule has 2 heteroatoms. The van der Waals surface area contributed by atoms with Crippen LogP contribution < -0.4 is 0 Å². The lowest BCUT2D eigenvalue weighted by Crippen LogP contribution is -2.54. The van der Waals surface area contributed by atoms with E-state index < -0.39 is 0 Å². The van der Waals surface area contributed by atoms with Gasteiger partial charge < -0.3 is 9.84 Å². The van der Waals surface area contributed by atoms with Crippen molar-refractivity contribution in [1.82, 2.24) is 0 Å². The van der Waals surface area contributed by atoms with Gasteiger partial charge in [0.05, 0.1) is 12.2 Å². The summed E-state index contributed by atoms with van der Waals surface area (Å²) in [5.74, 6) is 4.15. The fraction of sp³-hybridized carbons (Fsp3) is 1.00. The molecule has 24 heavy (non-hydrogen) atoms. The Labute approximate surface area is 148 Å². The average molecular weight is 335 g/mol. The summed E-state index contributed by atoms with van der Waals surface area (Å²) in [4.78, 5) is 0. The Morgan fingerprint density at radius 3 is 2.33 bits per heavy atom. The van der Waals surface area contributed by atoms with Gasteiger partial charge in [-0.2, -0.15) is 0 Å². The van der Waals surface area contributed by atoms with Gasteiger partial charge in [0.2, 0.25) is 0 Å². The Morgan fingerprint density at radius 2 is 1.62 bits per heavy atom. The number of hydrogen-bond acceptors (Lipinski definition) is 2. The SMILES string of the molecule is COC1CCC2(C)C(CCC3C2CCC2(C)C(C(C)O)CCC32)C1. The number of ether oxygens (including phenoxy) is 1. The Hall–Kier alpha value is -0.0800. The third-order valence-corrected chi connectivity index (χ3v) is 9.61. The Bertz CT molecular complexity index is 475. The highest BCUT2D eigenvalue weighted by Gasteiger charge is 2.60. The van der Waals surface area contributed by atoms with Gasteiger partial charge in [0.1, 0.15) is 0 Å². The van der Waals surface area contributed by atoms with Crippen molar-refractivity contribution < 1.29 is 9.84 Å². The summed E-state index contributed by atoms with van der Waals surface area (Å²) in [5.41, 5.74) is 0.963. The second-order valence-corrected chi connectivity index (χ2v) is 10.3. The maximum atomic E-state index is 10.3. The number of aliphatic hydroxyl groups excluding tert-OH is 1. The van der Waals surface area contributed by atoms with Crippen LogP contribution in [0.15, 0.2) is 0 Å². The topological polar surface area (TPSA) is 29.5 Å². The van der Waals surface area contributed by atoms with Crippen LogP contribution in [-0.2, 0) is 4.74 Å². The minimum Gasteiger partial charge on any atom is -0.393 e. The summed E-state index contributed by atoms with van der Waals surface area (Å²) in [6, 6.07) is 0. The van der Waals surface area contributed by atoms with Crippen molar-refractivity contribution in [2.24, 2.45) is 40.4 Å². The van der Waals surface area contributed by atoms with Crippen LogP contribution in [0.3, 0.4) is 0 Å². The zero-order valence-corrected chi connectivity index (χ0v) is 16.3. The van der Waals surface area contributed by atoms with Crippen molar-refractivity contribution in [2.75, 3.05) is 7.11 Å². The van der Waals surface area contributed by atoms with Crippen LogP contribution in [-0.4, -0.2) is 24.4 Å². The molecular weight excluding hydrogens is 296 g/mol. The van der Waals surface area contributed by atoms with Crippen molar-refractivity contribution in [3.8, 4) is 0 Å². The summed E-state index contributed by atoms with van der Waals surface area (Å²) in [6.45, 7) is 7.19. The number of fused-ring (bicyclic) bond motifs is 5. The molecular formula is C22H38O2. The van der Waals surface area contributed by atoms with Gasteiger partial charge in [-0.15, -0.1) is 0 Å². The smallest absolute Gasteiger partial charge is 0.0574 e. The molecule has 9 unspecified atom stereocenters. The molecule has 4 fully saturated rings. The first-order valence-electron chi connectivity index (χ1n) is 10.6. The van der Waals surface area contributed by atoms with E-state index in [4.69, 9.17) is 4.74 Å². The van der Waals surface area contributed by atoms with E-state index in [1.807, 2.05) is 14.0 Å². The molecule has 0 amide bonds. The zero-order chi connectivity index (χ0) is 17.1. The minimum absolute atomic E-state index is 0.124. The van der Waals surface area contributed by atoms with Gasteiger partial charge in [-0.3, -0.25) is 0 Å². The molecule has 0 heterocycles. The first kappa shape index (κ1) is 17.3. The van der Waals surface area contributed by atoms with Crippen LogP contribution in [0.1, 0.15) is 78.6 Å². The van der Waals surface area contributed by atoms with Crippen LogP contribution in [0, 0.1) is 40.4 Å². The predicted molar refractivity (Wildman–Crippen MR) is 97.7 cm³/mol. The maximum absolute atomic E-state index is 10.3. The van der Waals surface area contributed by atoms with Crippen LogP contribution in [0.25, 0.3) is 0 Å². The first-order valence-corrected chi connectivity index (χ1v) is 10.6. The third kappa shape index (κ3) is 2.35. The van der Waals surface area contributed by atoms with E-state index in [1.165, 1.54) is 57.8 Å². The largest absolute Gasteiger partial charge is 0.393 e. The molecule has 0 aromatic rings. The normalized spacial score (nSPS) is 55.4. The average Bonchev–Trinajstić information content (AvgIpc) is 2.91. The summed E-state index contributed by atoms with van der Waals surface area (Å²) in [7, 11) is 1.90. The van der Waals surface area contributed by atoms with E-state index in [0.717, 1.165) is 23.7 Å². The first-order chi connectivity index (χ1) is 11.4. The second-order valence-electron chi connectivity index (χ2n) is 10.3. The molecule has 0 bridgehead atoms. The Morgan fingerprint density at radius 1 is 0.917 bits per heavy atom. The number of hydrogen-bond donors (Lipinski definition) is 1. The van der Waals surface area contributed by atoms with Crippen molar-refractivity contribution in [2.45, 2.75) is 90.8 Å². The molecule has 1 N–H and O–H groups in total. The summed E-state index contributed by atoms with van der Waals surface area (Å²) < 4.78 is 5.72. The monoisotopic (exact) mass is 334 g/mol. The van der Waals surface area contributed by atoms with Gasteiger partial charge in [-0.25, -0.2) is 0 Å². The molecule has 2 nitrogen and oxygen atoms in total. The van der Waals surface area contributed by atoms with Gasteiger partial charge in [0, 0.05) is 7.11 Å². The number of aliphatic hydroxyl groups is 1. The Kier molecular flexibility index (Phi) is 4.32. The highest BCUT2D eigenvalue weighted by molar-refractivity contribution is 5.09. The van der Waals surface area contributed by atoms with E-state index in [2.05, 4.69) is 13.8 Å².